The Labute approximate surface area is 159 Å². The van der Waals surface area contributed by atoms with Gasteiger partial charge in [-0.1, -0.05) is 0 Å². The number of nitrogens with one attached hydrogen (secondary N) is 2. The Morgan fingerprint density at radius 3 is 2.29 bits per heavy atom. The third-order valence-electron chi connectivity index (χ3n) is 3.63. The fraction of sp³-hybridized carbons (Fsp3) is 0.0500. The lowest BCUT2D eigenvalue weighted by atomic mass is 10.2. The van der Waals surface area contributed by atoms with Gasteiger partial charge in [0.25, 0.3) is 11.8 Å². The molecule has 0 spiro atoms. The van der Waals surface area contributed by atoms with E-state index in [1.807, 2.05) is 0 Å². The number of hydrogen-bond acceptors (Lipinski definition) is 6. The van der Waals surface area contributed by atoms with Crippen molar-refractivity contribution in [1.29, 1.82) is 0 Å². The van der Waals surface area contributed by atoms with Gasteiger partial charge in [-0.15, -0.1) is 0 Å². The highest BCUT2D eigenvalue weighted by Gasteiger charge is 2.17. The quantitative estimate of drug-likeness (QED) is 0.502. The number of anilines is 1. The monoisotopic (exact) mass is 380 g/mol. The minimum atomic E-state index is -0.584. The number of benzene rings is 1. The molecule has 0 aliphatic carbocycles. The summed E-state index contributed by atoms with van der Waals surface area (Å²) in [4.78, 5) is 36.4. The van der Waals surface area contributed by atoms with Gasteiger partial charge < -0.3 is 24.2 Å². The van der Waals surface area contributed by atoms with Gasteiger partial charge >= 0.3 is 5.97 Å². The van der Waals surface area contributed by atoms with Crippen molar-refractivity contribution in [2.45, 2.75) is 0 Å². The highest BCUT2D eigenvalue weighted by Crippen LogP contribution is 2.13. The van der Waals surface area contributed by atoms with Gasteiger partial charge in [0.05, 0.1) is 25.2 Å². The van der Waals surface area contributed by atoms with Gasteiger partial charge in [-0.2, -0.15) is 0 Å². The van der Waals surface area contributed by atoms with Crippen molar-refractivity contribution >= 4 is 29.5 Å². The average molecular weight is 380 g/mol. The van der Waals surface area contributed by atoms with E-state index in [9.17, 15) is 14.4 Å². The van der Waals surface area contributed by atoms with Crippen LogP contribution < -0.4 is 10.6 Å². The molecule has 0 saturated carbocycles. The maximum absolute atomic E-state index is 12.7. The molecule has 0 aliphatic heterocycles. The minimum absolute atomic E-state index is 0.0478. The molecule has 8 heteroatoms. The van der Waals surface area contributed by atoms with E-state index in [-0.39, 0.29) is 11.5 Å². The highest BCUT2D eigenvalue weighted by molar-refractivity contribution is 6.10. The van der Waals surface area contributed by atoms with Crippen LogP contribution >= 0.6 is 0 Å². The molecule has 2 heterocycles. The Kier molecular flexibility index (Phi) is 5.71. The lowest BCUT2D eigenvalue weighted by Crippen LogP contribution is -2.30. The number of carbonyl (C=O) groups is 3. The van der Waals surface area contributed by atoms with Crippen molar-refractivity contribution in [3.8, 4) is 0 Å². The number of esters is 1. The summed E-state index contributed by atoms with van der Waals surface area (Å²) < 4.78 is 14.9. The standard InChI is InChI=1S/C20H16N2O6/c1-26-20(25)13-6-8-14(9-7-13)21-18(23)16(12-15-4-2-10-27-15)22-19(24)17-5-3-11-28-17/h2-12H,1H3,(H,21,23)(H,22,24). The fourth-order valence-corrected chi connectivity index (χ4v) is 2.27. The number of hydrogen-bond donors (Lipinski definition) is 2. The molecule has 8 nitrogen and oxygen atoms in total. The van der Waals surface area contributed by atoms with Crippen molar-refractivity contribution in [2.24, 2.45) is 0 Å². The van der Waals surface area contributed by atoms with Crippen molar-refractivity contribution in [2.75, 3.05) is 12.4 Å². The second-order valence-corrected chi connectivity index (χ2v) is 5.53. The van der Waals surface area contributed by atoms with Crippen molar-refractivity contribution in [3.05, 3.63) is 83.8 Å². The second kappa shape index (κ2) is 8.54. The zero-order valence-corrected chi connectivity index (χ0v) is 14.8. The molecule has 2 amide bonds. The largest absolute Gasteiger partial charge is 0.465 e. The number of ether oxygens (including phenoxy) is 1. The molecule has 0 atom stereocenters. The molecule has 1 aromatic carbocycles. The van der Waals surface area contributed by atoms with Gasteiger partial charge in [0.2, 0.25) is 0 Å². The third kappa shape index (κ3) is 4.55. The minimum Gasteiger partial charge on any atom is -0.465 e. The summed E-state index contributed by atoms with van der Waals surface area (Å²) >= 11 is 0. The maximum atomic E-state index is 12.7. The number of carbonyl (C=O) groups excluding carboxylic acids is 3. The molecular formula is C20H16N2O6. The van der Waals surface area contributed by atoms with E-state index in [0.717, 1.165) is 0 Å². The topological polar surface area (TPSA) is 111 Å². The number of rotatable bonds is 6. The first-order chi connectivity index (χ1) is 13.6. The summed E-state index contributed by atoms with van der Waals surface area (Å²) in [5.41, 5.74) is 0.724. The Morgan fingerprint density at radius 2 is 1.68 bits per heavy atom. The summed E-state index contributed by atoms with van der Waals surface area (Å²) in [6.07, 6.45) is 4.19. The first-order valence-corrected chi connectivity index (χ1v) is 8.16. The number of methoxy groups -OCH3 is 1. The highest BCUT2D eigenvalue weighted by atomic mass is 16.5. The predicted molar refractivity (Wildman–Crippen MR) is 99.3 cm³/mol. The summed E-state index contributed by atoms with van der Waals surface area (Å²) in [6.45, 7) is 0. The Balaban J connectivity index is 1.78. The second-order valence-electron chi connectivity index (χ2n) is 5.53. The Morgan fingerprint density at radius 1 is 0.964 bits per heavy atom. The normalized spacial score (nSPS) is 11.0. The molecule has 0 fully saturated rings. The van der Waals surface area contributed by atoms with Crippen LogP contribution in [0.3, 0.4) is 0 Å². The molecule has 3 rings (SSSR count). The molecule has 0 unspecified atom stereocenters. The van der Waals surface area contributed by atoms with Crippen LogP contribution in [0.4, 0.5) is 5.69 Å². The fourth-order valence-electron chi connectivity index (χ4n) is 2.27. The van der Waals surface area contributed by atoms with Crippen LogP contribution in [0.25, 0.3) is 6.08 Å². The summed E-state index contributed by atoms with van der Waals surface area (Å²) in [5.74, 6) is -1.21. The van der Waals surface area contributed by atoms with E-state index in [1.165, 1.54) is 43.9 Å². The van der Waals surface area contributed by atoms with Gasteiger partial charge in [0.15, 0.2) is 5.76 Å². The third-order valence-corrected chi connectivity index (χ3v) is 3.63. The van der Waals surface area contributed by atoms with Crippen molar-refractivity contribution in [1.82, 2.24) is 5.32 Å². The van der Waals surface area contributed by atoms with Crippen molar-refractivity contribution < 1.29 is 28.0 Å². The lowest BCUT2D eigenvalue weighted by Gasteiger charge is -2.10. The molecule has 142 valence electrons. The zero-order chi connectivity index (χ0) is 19.9. The van der Waals surface area contributed by atoms with Crippen molar-refractivity contribution in [3.63, 3.8) is 0 Å². The van der Waals surface area contributed by atoms with Crippen LogP contribution in [-0.2, 0) is 9.53 Å². The molecule has 0 bridgehead atoms. The zero-order valence-electron chi connectivity index (χ0n) is 14.8. The molecule has 3 aromatic rings. The molecule has 0 saturated heterocycles. The SMILES string of the molecule is COC(=O)c1ccc(NC(=O)C(=Cc2ccco2)NC(=O)c2ccco2)cc1. The van der Waals surface area contributed by atoms with Gasteiger partial charge in [-0.25, -0.2) is 4.79 Å². The van der Waals surface area contributed by atoms with E-state index >= 15 is 0 Å². The van der Waals surface area contributed by atoms with Crippen LogP contribution in [0, 0.1) is 0 Å². The number of furan rings is 2. The lowest BCUT2D eigenvalue weighted by molar-refractivity contribution is -0.113. The van der Waals surface area contributed by atoms with Gasteiger partial charge in [0, 0.05) is 11.8 Å². The molecule has 28 heavy (non-hydrogen) atoms. The van der Waals surface area contributed by atoms with E-state index in [4.69, 9.17) is 8.83 Å². The van der Waals surface area contributed by atoms with Crippen LogP contribution in [0.1, 0.15) is 26.7 Å². The van der Waals surface area contributed by atoms with E-state index in [0.29, 0.717) is 17.0 Å². The van der Waals surface area contributed by atoms with Crippen LogP contribution in [0.2, 0.25) is 0 Å². The first kappa shape index (κ1) is 18.7. The van der Waals surface area contributed by atoms with E-state index < -0.39 is 17.8 Å². The summed E-state index contributed by atoms with van der Waals surface area (Å²) in [7, 11) is 1.28. The smallest absolute Gasteiger partial charge is 0.337 e. The van der Waals surface area contributed by atoms with Gasteiger partial charge in [-0.05, 0) is 48.5 Å². The number of amides is 2. The van der Waals surface area contributed by atoms with E-state index in [1.54, 1.807) is 30.3 Å². The van der Waals surface area contributed by atoms with Crippen LogP contribution in [0.15, 0.2) is 75.6 Å². The molecule has 0 radical (unpaired) electrons. The molecular weight excluding hydrogens is 364 g/mol. The van der Waals surface area contributed by atoms with Crippen LogP contribution in [-0.4, -0.2) is 24.9 Å². The Bertz CT molecular complexity index is 986. The Hall–Kier alpha value is -4.07. The van der Waals surface area contributed by atoms with E-state index in [2.05, 4.69) is 15.4 Å². The van der Waals surface area contributed by atoms with Crippen LogP contribution in [0.5, 0.6) is 0 Å². The molecule has 2 N–H and O–H groups in total. The average Bonchev–Trinajstić information content (AvgIpc) is 3.41. The predicted octanol–water partition coefficient (Wildman–Crippen LogP) is 3.07. The van der Waals surface area contributed by atoms with Gasteiger partial charge in [-0.3, -0.25) is 9.59 Å². The van der Waals surface area contributed by atoms with Gasteiger partial charge in [0.1, 0.15) is 11.5 Å². The first-order valence-electron chi connectivity index (χ1n) is 8.16. The molecule has 2 aromatic heterocycles. The molecule has 0 aliphatic rings. The summed E-state index contributed by atoms with van der Waals surface area (Å²) in [5, 5.41) is 5.14. The summed E-state index contributed by atoms with van der Waals surface area (Å²) in [6, 6.07) is 12.4. The maximum Gasteiger partial charge on any atom is 0.337 e.